The highest BCUT2D eigenvalue weighted by molar-refractivity contribution is 6.30. The molecule has 4 heteroatoms. The number of fused-ring (bicyclic) bond motifs is 1. The molecule has 1 aliphatic heterocycles. The van der Waals surface area contributed by atoms with Gasteiger partial charge in [-0.2, -0.15) is 0 Å². The molecule has 0 bridgehead atoms. The van der Waals surface area contributed by atoms with Crippen LogP contribution in [-0.2, 0) is 6.54 Å². The molecule has 1 aromatic carbocycles. The SMILES string of the molecule is OC1CCC2CN(Cc3cccc(Cl)c3F)CC12. The van der Waals surface area contributed by atoms with Crippen LogP contribution < -0.4 is 0 Å². The van der Waals surface area contributed by atoms with E-state index >= 15 is 0 Å². The quantitative estimate of drug-likeness (QED) is 0.892. The Balaban J connectivity index is 1.70. The van der Waals surface area contributed by atoms with Gasteiger partial charge in [-0.1, -0.05) is 23.7 Å². The minimum absolute atomic E-state index is 0.163. The zero-order valence-corrected chi connectivity index (χ0v) is 10.9. The van der Waals surface area contributed by atoms with E-state index in [-0.39, 0.29) is 16.9 Å². The van der Waals surface area contributed by atoms with Crippen molar-refractivity contribution < 1.29 is 9.50 Å². The zero-order valence-electron chi connectivity index (χ0n) is 10.1. The number of hydrogen-bond donors (Lipinski definition) is 1. The minimum Gasteiger partial charge on any atom is -0.393 e. The third-order valence-electron chi connectivity index (χ3n) is 4.32. The lowest BCUT2D eigenvalue weighted by Gasteiger charge is -2.18. The van der Waals surface area contributed by atoms with Gasteiger partial charge in [-0.15, -0.1) is 0 Å². The number of aliphatic hydroxyl groups excluding tert-OH is 1. The minimum atomic E-state index is -0.309. The third-order valence-corrected chi connectivity index (χ3v) is 4.61. The van der Waals surface area contributed by atoms with Gasteiger partial charge in [-0.3, -0.25) is 4.90 Å². The molecule has 3 unspecified atom stereocenters. The molecule has 1 saturated heterocycles. The Morgan fingerprint density at radius 3 is 2.94 bits per heavy atom. The van der Waals surface area contributed by atoms with E-state index in [2.05, 4.69) is 4.90 Å². The Morgan fingerprint density at radius 1 is 1.33 bits per heavy atom. The van der Waals surface area contributed by atoms with E-state index in [0.717, 1.165) is 25.9 Å². The van der Waals surface area contributed by atoms with Crippen molar-refractivity contribution in [2.75, 3.05) is 13.1 Å². The van der Waals surface area contributed by atoms with Crippen molar-refractivity contribution in [3.63, 3.8) is 0 Å². The summed E-state index contributed by atoms with van der Waals surface area (Å²) in [6, 6.07) is 5.14. The van der Waals surface area contributed by atoms with Crippen molar-refractivity contribution in [3.05, 3.63) is 34.6 Å². The van der Waals surface area contributed by atoms with Gasteiger partial charge in [0.05, 0.1) is 11.1 Å². The first-order chi connectivity index (χ1) is 8.65. The molecular formula is C14H17ClFNO. The molecular weight excluding hydrogens is 253 g/mol. The molecule has 0 spiro atoms. The highest BCUT2D eigenvalue weighted by Crippen LogP contribution is 2.38. The van der Waals surface area contributed by atoms with E-state index in [4.69, 9.17) is 11.6 Å². The Kier molecular flexibility index (Phi) is 3.31. The molecule has 3 atom stereocenters. The second-order valence-corrected chi connectivity index (χ2v) is 5.88. The number of benzene rings is 1. The smallest absolute Gasteiger partial charge is 0.146 e. The maximum atomic E-state index is 13.8. The second kappa shape index (κ2) is 4.80. The van der Waals surface area contributed by atoms with E-state index < -0.39 is 0 Å². The van der Waals surface area contributed by atoms with Gasteiger partial charge in [0.2, 0.25) is 0 Å². The van der Waals surface area contributed by atoms with Crippen LogP contribution in [-0.4, -0.2) is 29.2 Å². The molecule has 2 nitrogen and oxygen atoms in total. The normalized spacial score (nSPS) is 31.8. The number of likely N-dealkylation sites (tertiary alicyclic amines) is 1. The van der Waals surface area contributed by atoms with E-state index in [1.165, 1.54) is 0 Å². The molecule has 98 valence electrons. The van der Waals surface area contributed by atoms with Gasteiger partial charge >= 0.3 is 0 Å². The monoisotopic (exact) mass is 269 g/mol. The van der Waals surface area contributed by atoms with E-state index in [9.17, 15) is 9.50 Å². The maximum Gasteiger partial charge on any atom is 0.146 e. The summed E-state index contributed by atoms with van der Waals surface area (Å²) in [6.07, 6.45) is 1.86. The fraction of sp³-hybridized carbons (Fsp3) is 0.571. The van der Waals surface area contributed by atoms with Crippen LogP contribution in [0.15, 0.2) is 18.2 Å². The van der Waals surface area contributed by atoms with Crippen molar-refractivity contribution in [3.8, 4) is 0 Å². The molecule has 1 heterocycles. The van der Waals surface area contributed by atoms with E-state index in [1.54, 1.807) is 18.2 Å². The van der Waals surface area contributed by atoms with Crippen molar-refractivity contribution >= 4 is 11.6 Å². The van der Waals surface area contributed by atoms with E-state index in [1.807, 2.05) is 0 Å². The molecule has 18 heavy (non-hydrogen) atoms. The summed E-state index contributed by atoms with van der Waals surface area (Å²) in [5.41, 5.74) is 0.650. The Bertz CT molecular complexity index is 453. The molecule has 0 amide bonds. The lowest BCUT2D eigenvalue weighted by Crippen LogP contribution is -2.24. The Labute approximate surface area is 111 Å². The molecule has 1 saturated carbocycles. The Hall–Kier alpha value is -0.640. The molecule has 0 radical (unpaired) electrons. The van der Waals surface area contributed by atoms with Crippen LogP contribution in [0.4, 0.5) is 4.39 Å². The van der Waals surface area contributed by atoms with Gasteiger partial charge in [0, 0.05) is 31.1 Å². The fourth-order valence-corrected chi connectivity index (χ4v) is 3.56. The summed E-state index contributed by atoms with van der Waals surface area (Å²) in [5, 5.41) is 10.0. The van der Waals surface area contributed by atoms with Gasteiger partial charge < -0.3 is 5.11 Å². The van der Waals surface area contributed by atoms with Crippen LogP contribution in [0.3, 0.4) is 0 Å². The number of rotatable bonds is 2. The van der Waals surface area contributed by atoms with Crippen LogP contribution >= 0.6 is 11.6 Å². The summed E-state index contributed by atoms with van der Waals surface area (Å²) in [6.45, 7) is 2.43. The van der Waals surface area contributed by atoms with Crippen molar-refractivity contribution in [2.45, 2.75) is 25.5 Å². The summed E-state index contributed by atoms with van der Waals surface area (Å²) >= 11 is 5.78. The van der Waals surface area contributed by atoms with Crippen LogP contribution in [0.2, 0.25) is 5.02 Å². The molecule has 3 rings (SSSR count). The first-order valence-corrected chi connectivity index (χ1v) is 6.86. The van der Waals surface area contributed by atoms with Gasteiger partial charge in [-0.05, 0) is 24.8 Å². The lowest BCUT2D eigenvalue weighted by molar-refractivity contribution is 0.123. The van der Waals surface area contributed by atoms with Crippen LogP contribution in [0, 0.1) is 17.7 Å². The van der Waals surface area contributed by atoms with Gasteiger partial charge in [0.25, 0.3) is 0 Å². The Morgan fingerprint density at radius 2 is 2.17 bits per heavy atom. The first-order valence-electron chi connectivity index (χ1n) is 6.48. The first kappa shape index (κ1) is 12.4. The maximum absolute atomic E-state index is 13.8. The van der Waals surface area contributed by atoms with Crippen molar-refractivity contribution in [2.24, 2.45) is 11.8 Å². The average molecular weight is 270 g/mol. The van der Waals surface area contributed by atoms with Gasteiger partial charge in [0.15, 0.2) is 0 Å². The molecule has 2 fully saturated rings. The predicted molar refractivity (Wildman–Crippen MR) is 68.9 cm³/mol. The molecule has 2 aliphatic rings. The average Bonchev–Trinajstić information content (AvgIpc) is 2.88. The molecule has 1 aliphatic carbocycles. The summed E-state index contributed by atoms with van der Waals surface area (Å²) in [5.74, 6) is 0.659. The molecule has 0 aromatic heterocycles. The summed E-state index contributed by atoms with van der Waals surface area (Å²) < 4.78 is 13.8. The van der Waals surface area contributed by atoms with Crippen LogP contribution in [0.5, 0.6) is 0 Å². The summed E-state index contributed by atoms with van der Waals surface area (Å²) in [4.78, 5) is 2.23. The van der Waals surface area contributed by atoms with Crippen LogP contribution in [0.1, 0.15) is 18.4 Å². The van der Waals surface area contributed by atoms with Crippen molar-refractivity contribution in [1.82, 2.24) is 4.90 Å². The summed E-state index contributed by atoms with van der Waals surface area (Å²) in [7, 11) is 0. The number of hydrogen-bond acceptors (Lipinski definition) is 2. The molecule has 1 N–H and O–H groups in total. The lowest BCUT2D eigenvalue weighted by atomic mass is 10.00. The van der Waals surface area contributed by atoms with Gasteiger partial charge in [0.1, 0.15) is 5.82 Å². The van der Waals surface area contributed by atoms with Crippen molar-refractivity contribution in [1.29, 1.82) is 0 Å². The predicted octanol–water partition coefficient (Wildman–Crippen LogP) is 2.68. The number of nitrogens with zero attached hydrogens (tertiary/aromatic N) is 1. The van der Waals surface area contributed by atoms with Crippen LogP contribution in [0.25, 0.3) is 0 Å². The number of aliphatic hydroxyl groups is 1. The number of halogens is 2. The largest absolute Gasteiger partial charge is 0.393 e. The standard InChI is InChI=1S/C14H17ClFNO/c15-12-3-1-2-10(14(12)16)7-17-6-9-4-5-13(18)11(9)8-17/h1-3,9,11,13,18H,4-8H2. The fourth-order valence-electron chi connectivity index (χ4n) is 3.37. The second-order valence-electron chi connectivity index (χ2n) is 5.48. The highest BCUT2D eigenvalue weighted by atomic mass is 35.5. The van der Waals surface area contributed by atoms with Gasteiger partial charge in [-0.25, -0.2) is 4.39 Å². The topological polar surface area (TPSA) is 23.5 Å². The molecule has 1 aromatic rings. The van der Waals surface area contributed by atoms with E-state index in [0.29, 0.717) is 23.9 Å². The highest BCUT2D eigenvalue weighted by Gasteiger charge is 2.41. The zero-order chi connectivity index (χ0) is 12.7. The third kappa shape index (κ3) is 2.15.